The van der Waals surface area contributed by atoms with E-state index < -0.39 is 5.97 Å². The molecule has 112 valence electrons. The van der Waals surface area contributed by atoms with Crippen molar-refractivity contribution in [2.75, 3.05) is 7.11 Å². The monoisotopic (exact) mass is 278 g/mol. The predicted molar refractivity (Wildman–Crippen MR) is 81.1 cm³/mol. The van der Waals surface area contributed by atoms with Crippen LogP contribution in [0, 0.1) is 11.3 Å². The minimum Gasteiger partial charge on any atom is -0.507 e. The van der Waals surface area contributed by atoms with Crippen LogP contribution in [0.1, 0.15) is 62.9 Å². The summed E-state index contributed by atoms with van der Waals surface area (Å²) >= 11 is 0. The van der Waals surface area contributed by atoms with E-state index in [9.17, 15) is 9.90 Å². The number of methoxy groups -OCH3 is 1. The average Bonchev–Trinajstić information content (AvgIpc) is 2.34. The summed E-state index contributed by atoms with van der Waals surface area (Å²) < 4.78 is 4.71. The lowest BCUT2D eigenvalue weighted by atomic mass is 9.76. The van der Waals surface area contributed by atoms with Gasteiger partial charge in [0.25, 0.3) is 0 Å². The maximum Gasteiger partial charge on any atom is 0.341 e. The quantitative estimate of drug-likeness (QED) is 0.833. The van der Waals surface area contributed by atoms with Crippen molar-refractivity contribution < 1.29 is 14.6 Å². The van der Waals surface area contributed by atoms with Crippen LogP contribution in [-0.2, 0) is 4.74 Å². The zero-order valence-electron chi connectivity index (χ0n) is 13.4. The first-order valence-electron chi connectivity index (χ1n) is 7.07. The first-order valence-corrected chi connectivity index (χ1v) is 7.07. The van der Waals surface area contributed by atoms with E-state index in [0.29, 0.717) is 11.8 Å². The number of hydrogen-bond acceptors (Lipinski definition) is 3. The summed E-state index contributed by atoms with van der Waals surface area (Å²) in [7, 11) is 1.32. The second kappa shape index (κ2) is 6.29. The lowest BCUT2D eigenvalue weighted by Gasteiger charge is -2.29. The summed E-state index contributed by atoms with van der Waals surface area (Å²) in [6.45, 7) is 11.0. The number of carbonyl (C=O) groups excluding carboxylic acids is 1. The number of phenolic OH excluding ortho intramolecular Hbond substituents is 1. The predicted octanol–water partition coefficient (Wildman–Crippen LogP) is 4.35. The van der Waals surface area contributed by atoms with Crippen molar-refractivity contribution in [3.05, 3.63) is 29.3 Å². The Labute approximate surface area is 122 Å². The van der Waals surface area contributed by atoms with Gasteiger partial charge < -0.3 is 9.84 Å². The van der Waals surface area contributed by atoms with Crippen molar-refractivity contribution in [2.24, 2.45) is 11.3 Å². The summed E-state index contributed by atoms with van der Waals surface area (Å²) in [5.41, 5.74) is 1.52. The van der Waals surface area contributed by atoms with Crippen LogP contribution in [0.3, 0.4) is 0 Å². The molecule has 3 nitrogen and oxygen atoms in total. The lowest BCUT2D eigenvalue weighted by molar-refractivity contribution is 0.0597. The number of rotatable bonds is 4. The molecule has 0 fully saturated rings. The highest BCUT2D eigenvalue weighted by atomic mass is 16.5. The average molecular weight is 278 g/mol. The van der Waals surface area contributed by atoms with Crippen LogP contribution in [0.15, 0.2) is 18.2 Å². The fourth-order valence-corrected chi connectivity index (χ4v) is 2.46. The maximum atomic E-state index is 11.7. The molecule has 20 heavy (non-hydrogen) atoms. The molecular formula is C17H26O3. The van der Waals surface area contributed by atoms with Crippen LogP contribution in [0.4, 0.5) is 0 Å². The molecule has 0 aliphatic rings. The topological polar surface area (TPSA) is 46.5 Å². The van der Waals surface area contributed by atoms with E-state index in [4.69, 9.17) is 4.74 Å². The van der Waals surface area contributed by atoms with Crippen molar-refractivity contribution in [1.29, 1.82) is 0 Å². The molecule has 1 N–H and O–H groups in total. The first-order chi connectivity index (χ1) is 9.15. The number of benzene rings is 1. The van der Waals surface area contributed by atoms with Gasteiger partial charge in [-0.3, -0.25) is 0 Å². The first kappa shape index (κ1) is 16.5. The van der Waals surface area contributed by atoms with Gasteiger partial charge in [0.15, 0.2) is 0 Å². The fraction of sp³-hybridized carbons (Fsp3) is 0.588. The summed E-state index contributed by atoms with van der Waals surface area (Å²) in [6, 6.07) is 5.25. The van der Waals surface area contributed by atoms with E-state index in [1.165, 1.54) is 7.11 Å². The minimum atomic E-state index is -0.498. The van der Waals surface area contributed by atoms with Crippen molar-refractivity contribution in [1.82, 2.24) is 0 Å². The molecule has 0 aromatic heterocycles. The second-order valence-electron chi connectivity index (χ2n) is 6.88. The molecule has 0 radical (unpaired) electrons. The molecule has 3 heteroatoms. The van der Waals surface area contributed by atoms with Crippen LogP contribution in [0.25, 0.3) is 0 Å². The molecule has 0 bridgehead atoms. The highest BCUT2D eigenvalue weighted by molar-refractivity contribution is 5.92. The molecule has 0 saturated carbocycles. The summed E-state index contributed by atoms with van der Waals surface area (Å²) in [5, 5.41) is 9.79. The van der Waals surface area contributed by atoms with Crippen LogP contribution in [0.5, 0.6) is 5.75 Å². The fourth-order valence-electron chi connectivity index (χ4n) is 2.46. The number of ether oxygens (including phenoxy) is 1. The third-order valence-electron chi connectivity index (χ3n) is 3.49. The van der Waals surface area contributed by atoms with Gasteiger partial charge in [-0.05, 0) is 41.4 Å². The Morgan fingerprint density at radius 1 is 1.30 bits per heavy atom. The standard InChI is InChI=1S/C17H26O3/c1-11(2)14(10-17(3,4)5)12-7-8-15(18)13(9-12)16(19)20-6/h7-9,11,14,18H,10H2,1-6H3. The van der Waals surface area contributed by atoms with Gasteiger partial charge in [0, 0.05) is 0 Å². The van der Waals surface area contributed by atoms with Gasteiger partial charge in [0.05, 0.1) is 7.11 Å². The largest absolute Gasteiger partial charge is 0.507 e. The van der Waals surface area contributed by atoms with Crippen molar-refractivity contribution in [3.63, 3.8) is 0 Å². The Kier molecular flexibility index (Phi) is 5.21. The van der Waals surface area contributed by atoms with E-state index >= 15 is 0 Å². The molecule has 0 aliphatic heterocycles. The van der Waals surface area contributed by atoms with Crippen LogP contribution >= 0.6 is 0 Å². The molecule has 1 aromatic carbocycles. The van der Waals surface area contributed by atoms with Crippen molar-refractivity contribution in [2.45, 2.75) is 47.0 Å². The number of hydrogen-bond donors (Lipinski definition) is 1. The Bertz CT molecular complexity index is 470. The Balaban J connectivity index is 3.18. The van der Waals surface area contributed by atoms with Crippen LogP contribution in [0.2, 0.25) is 0 Å². The summed E-state index contributed by atoms with van der Waals surface area (Å²) in [5.74, 6) is 0.282. The zero-order chi connectivity index (χ0) is 15.5. The van der Waals surface area contributed by atoms with Gasteiger partial charge in [0.1, 0.15) is 11.3 Å². The van der Waals surface area contributed by atoms with Gasteiger partial charge in [-0.15, -0.1) is 0 Å². The SMILES string of the molecule is COC(=O)c1cc(C(CC(C)(C)C)C(C)C)ccc1O. The smallest absolute Gasteiger partial charge is 0.341 e. The number of aromatic hydroxyl groups is 1. The normalized spacial score (nSPS) is 13.3. The molecule has 1 aromatic rings. The van der Waals surface area contributed by atoms with E-state index in [1.54, 1.807) is 12.1 Å². The van der Waals surface area contributed by atoms with Gasteiger partial charge in [-0.1, -0.05) is 40.7 Å². The van der Waals surface area contributed by atoms with E-state index in [2.05, 4.69) is 34.6 Å². The minimum absolute atomic E-state index is 0.0288. The molecular weight excluding hydrogens is 252 g/mol. The Morgan fingerprint density at radius 3 is 2.35 bits per heavy atom. The second-order valence-corrected chi connectivity index (χ2v) is 6.88. The Hall–Kier alpha value is -1.51. The van der Waals surface area contributed by atoms with Gasteiger partial charge >= 0.3 is 5.97 Å². The summed E-state index contributed by atoms with van der Waals surface area (Å²) in [4.78, 5) is 11.7. The van der Waals surface area contributed by atoms with Gasteiger partial charge in [-0.25, -0.2) is 4.79 Å². The molecule has 0 amide bonds. The lowest BCUT2D eigenvalue weighted by Crippen LogP contribution is -2.17. The highest BCUT2D eigenvalue weighted by Gasteiger charge is 2.24. The van der Waals surface area contributed by atoms with Crippen LogP contribution in [-0.4, -0.2) is 18.2 Å². The highest BCUT2D eigenvalue weighted by Crippen LogP contribution is 2.37. The molecule has 1 rings (SSSR count). The molecule has 1 atom stereocenters. The number of carbonyl (C=O) groups is 1. The third kappa shape index (κ3) is 4.26. The molecule has 0 heterocycles. The third-order valence-corrected chi connectivity index (χ3v) is 3.49. The molecule has 0 aliphatic carbocycles. The molecule has 0 saturated heterocycles. The van der Waals surface area contributed by atoms with E-state index in [1.807, 2.05) is 6.07 Å². The van der Waals surface area contributed by atoms with Gasteiger partial charge in [-0.2, -0.15) is 0 Å². The zero-order valence-corrected chi connectivity index (χ0v) is 13.4. The number of phenols is 1. The summed E-state index contributed by atoms with van der Waals surface area (Å²) in [6.07, 6.45) is 1.02. The Morgan fingerprint density at radius 2 is 1.90 bits per heavy atom. The van der Waals surface area contributed by atoms with Gasteiger partial charge in [0.2, 0.25) is 0 Å². The van der Waals surface area contributed by atoms with E-state index in [-0.39, 0.29) is 16.7 Å². The maximum absolute atomic E-state index is 11.7. The van der Waals surface area contributed by atoms with Crippen molar-refractivity contribution in [3.8, 4) is 5.75 Å². The van der Waals surface area contributed by atoms with E-state index in [0.717, 1.165) is 12.0 Å². The molecule has 1 unspecified atom stereocenters. The van der Waals surface area contributed by atoms with Crippen LogP contribution < -0.4 is 0 Å². The number of esters is 1. The van der Waals surface area contributed by atoms with Crippen molar-refractivity contribution >= 4 is 5.97 Å². The molecule has 0 spiro atoms.